The summed E-state index contributed by atoms with van der Waals surface area (Å²) in [6.45, 7) is 30.8. The van der Waals surface area contributed by atoms with Crippen molar-refractivity contribution in [2.75, 3.05) is 33.4 Å². The van der Waals surface area contributed by atoms with E-state index < -0.39 is 7.12 Å². The first-order valence-corrected chi connectivity index (χ1v) is 17.6. The molecule has 3 fully saturated rings. The first kappa shape index (κ1) is 43.0. The maximum absolute atomic E-state index is 11.2. The van der Waals surface area contributed by atoms with Crippen LogP contribution in [0.4, 0.5) is 0 Å². The summed E-state index contributed by atoms with van der Waals surface area (Å²) in [6, 6.07) is 7.76. The van der Waals surface area contributed by atoms with E-state index in [1.807, 2.05) is 38.1 Å². The van der Waals surface area contributed by atoms with E-state index in [1.165, 1.54) is 0 Å². The van der Waals surface area contributed by atoms with Crippen LogP contribution in [-0.4, -0.2) is 89.9 Å². The van der Waals surface area contributed by atoms with Crippen molar-refractivity contribution in [1.29, 1.82) is 0 Å². The smallest absolute Gasteiger partial charge is 0.523 e. The third-order valence-electron chi connectivity index (χ3n) is 8.35. The van der Waals surface area contributed by atoms with Crippen LogP contribution in [0.25, 0.3) is 0 Å². The fourth-order valence-electron chi connectivity index (χ4n) is 4.57. The lowest BCUT2D eigenvalue weighted by Crippen LogP contribution is -2.43. The largest absolute Gasteiger partial charge is 0.601 e. The highest BCUT2D eigenvalue weighted by atomic mass is 16.7. The Morgan fingerprint density at radius 3 is 1.24 bits per heavy atom. The monoisotopic (exact) mass is 687 g/mol. The lowest BCUT2D eigenvalue weighted by atomic mass is 9.72. The van der Waals surface area contributed by atoms with Gasteiger partial charge < -0.3 is 37.2 Å². The van der Waals surface area contributed by atoms with Crippen LogP contribution in [0, 0.1) is 5.41 Å². The molecular formula is C34H61B4NO10. The van der Waals surface area contributed by atoms with Gasteiger partial charge in [-0.1, -0.05) is 81.4 Å². The summed E-state index contributed by atoms with van der Waals surface area (Å²) < 4.78 is 43.7. The summed E-state index contributed by atoms with van der Waals surface area (Å²) in [5.41, 5.74) is -0.157. The number of likely N-dealkylation sites (N-methyl/N-ethyl adjacent to an activating group) is 1. The van der Waals surface area contributed by atoms with Crippen LogP contribution in [0.2, 0.25) is 23.3 Å². The Morgan fingerprint density at radius 1 is 0.571 bits per heavy atom. The van der Waals surface area contributed by atoms with Gasteiger partial charge in [0.25, 0.3) is 0 Å². The van der Waals surface area contributed by atoms with Gasteiger partial charge in [0, 0.05) is 30.3 Å². The molecule has 1 aromatic rings. The molecule has 0 spiro atoms. The highest BCUT2D eigenvalue weighted by Crippen LogP contribution is 2.39. The van der Waals surface area contributed by atoms with Crippen molar-refractivity contribution in [2.45, 2.75) is 131 Å². The second-order valence-electron chi connectivity index (χ2n) is 16.3. The SMILES string of the molecule is CC(C)B1OC(=O)CN(C)CC(=O)O1.CC(C)B1OC(C)(C)C(C)(C)O1.CC(C)B1OCC(C)(C)CO1.CC(C)B1Oc2ccccc2O1. The molecule has 4 aliphatic rings. The minimum Gasteiger partial charge on any atom is -0.523 e. The molecule has 0 atom stereocenters. The molecule has 0 saturated carbocycles. The molecule has 274 valence electrons. The predicted molar refractivity (Wildman–Crippen MR) is 197 cm³/mol. The van der Waals surface area contributed by atoms with Crippen LogP contribution in [0.5, 0.6) is 11.5 Å². The van der Waals surface area contributed by atoms with Gasteiger partial charge in [-0.05, 0) is 58.5 Å². The van der Waals surface area contributed by atoms with Crippen LogP contribution < -0.4 is 9.31 Å². The molecule has 11 nitrogen and oxygen atoms in total. The van der Waals surface area contributed by atoms with Gasteiger partial charge in [0.1, 0.15) is 11.5 Å². The van der Waals surface area contributed by atoms with Crippen molar-refractivity contribution in [3.05, 3.63) is 24.3 Å². The number of hydrogen-bond acceptors (Lipinski definition) is 11. The summed E-state index contributed by atoms with van der Waals surface area (Å²) in [5, 5.41) is 0. The van der Waals surface area contributed by atoms with Crippen molar-refractivity contribution in [2.24, 2.45) is 5.41 Å². The highest BCUT2D eigenvalue weighted by Gasteiger charge is 2.51. The van der Waals surface area contributed by atoms with Crippen LogP contribution in [0.15, 0.2) is 24.3 Å². The lowest BCUT2D eigenvalue weighted by molar-refractivity contribution is -0.145. The molecule has 0 amide bonds. The van der Waals surface area contributed by atoms with E-state index in [2.05, 4.69) is 83.1 Å². The van der Waals surface area contributed by atoms with E-state index in [4.69, 9.17) is 37.2 Å². The zero-order chi connectivity index (χ0) is 37.3. The molecule has 4 aliphatic heterocycles. The number of hydrogen-bond donors (Lipinski definition) is 0. The van der Waals surface area contributed by atoms with Crippen molar-refractivity contribution in [3.8, 4) is 11.5 Å². The number of benzene rings is 1. The van der Waals surface area contributed by atoms with Crippen LogP contribution in [0.3, 0.4) is 0 Å². The molecule has 0 aromatic heterocycles. The molecule has 15 heteroatoms. The first-order valence-electron chi connectivity index (χ1n) is 17.6. The molecule has 0 aliphatic carbocycles. The van der Waals surface area contributed by atoms with Gasteiger partial charge in [0.2, 0.25) is 0 Å². The molecule has 0 unspecified atom stereocenters. The quantitative estimate of drug-likeness (QED) is 0.315. The fraction of sp³-hybridized carbons (Fsp3) is 0.765. The number of rotatable bonds is 4. The van der Waals surface area contributed by atoms with E-state index >= 15 is 0 Å². The van der Waals surface area contributed by atoms with Gasteiger partial charge in [-0.3, -0.25) is 14.5 Å². The molecule has 49 heavy (non-hydrogen) atoms. The van der Waals surface area contributed by atoms with Crippen molar-refractivity contribution >= 4 is 40.4 Å². The average molecular weight is 687 g/mol. The van der Waals surface area contributed by atoms with Crippen LogP contribution in [-0.2, 0) is 37.5 Å². The third-order valence-corrected chi connectivity index (χ3v) is 8.35. The summed E-state index contributed by atoms with van der Waals surface area (Å²) in [6.07, 6.45) is 0. The number of nitrogens with zero attached hydrogens (tertiary/aromatic N) is 1. The van der Waals surface area contributed by atoms with E-state index in [9.17, 15) is 9.59 Å². The standard InChI is InChI=1S/C9H11BO2.C9H19BO2.C8H14BNO4.C8H17BO2/c1-7(2)10-11-8-5-3-4-6-9(8)12-10;1-7(2)10-11-8(3,4)9(5,6)12-10;1-6(2)9-13-7(11)4-10(3)5-8(12)14-9;1-7(2)9-10-5-8(3,4)6-11-9/h3-7H,1-2H3;7H,1-6H3;6H,4-5H2,1-3H3;7H,5-6H2,1-4H3. The van der Waals surface area contributed by atoms with Gasteiger partial charge in [-0.25, -0.2) is 0 Å². The summed E-state index contributed by atoms with van der Waals surface area (Å²) in [5.74, 6) is 2.24. The fourth-order valence-corrected chi connectivity index (χ4v) is 4.57. The zero-order valence-electron chi connectivity index (χ0n) is 32.8. The summed E-state index contributed by atoms with van der Waals surface area (Å²) >= 11 is 0. The second-order valence-corrected chi connectivity index (χ2v) is 16.3. The molecule has 4 heterocycles. The third kappa shape index (κ3) is 13.8. The lowest BCUT2D eigenvalue weighted by Gasteiger charge is -2.34. The average Bonchev–Trinajstić information content (AvgIpc) is 3.50. The van der Waals surface area contributed by atoms with Gasteiger partial charge in [0.15, 0.2) is 0 Å². The maximum Gasteiger partial charge on any atom is 0.601 e. The molecule has 0 N–H and O–H groups in total. The summed E-state index contributed by atoms with van der Waals surface area (Å²) in [7, 11) is 0.780. The Bertz CT molecular complexity index is 1130. The minimum absolute atomic E-state index is 0.0167. The van der Waals surface area contributed by atoms with E-state index in [1.54, 1.807) is 11.9 Å². The minimum atomic E-state index is -0.747. The van der Waals surface area contributed by atoms with Crippen LogP contribution in [0.1, 0.15) is 96.9 Å². The second kappa shape index (κ2) is 18.4. The molecule has 0 bridgehead atoms. The van der Waals surface area contributed by atoms with E-state index in [0.29, 0.717) is 17.5 Å². The number of carbonyl (C=O) groups excluding carboxylic acids is 2. The highest BCUT2D eigenvalue weighted by molar-refractivity contribution is 6.50. The van der Waals surface area contributed by atoms with Crippen molar-refractivity contribution in [3.63, 3.8) is 0 Å². The van der Waals surface area contributed by atoms with Gasteiger partial charge in [0.05, 0.1) is 24.3 Å². The predicted octanol–water partition coefficient (Wildman–Crippen LogP) is 6.72. The van der Waals surface area contributed by atoms with E-state index in [-0.39, 0.29) is 68.8 Å². The molecule has 3 saturated heterocycles. The molecule has 5 rings (SSSR count). The Labute approximate surface area is 297 Å². The Balaban J connectivity index is 0.000000228. The first-order chi connectivity index (χ1) is 22.5. The molecule has 0 radical (unpaired) electrons. The number of para-hydroxylation sites is 2. The Hall–Kier alpha value is -2.18. The van der Waals surface area contributed by atoms with Gasteiger partial charge in [-0.15, -0.1) is 0 Å². The van der Waals surface area contributed by atoms with Crippen LogP contribution >= 0.6 is 0 Å². The Morgan fingerprint density at radius 2 is 0.918 bits per heavy atom. The molecule has 1 aromatic carbocycles. The maximum atomic E-state index is 11.2. The normalized spacial score (nSPS) is 21.2. The van der Waals surface area contributed by atoms with Gasteiger partial charge >= 0.3 is 40.4 Å². The topological polar surface area (TPSA) is 111 Å². The van der Waals surface area contributed by atoms with Crippen molar-refractivity contribution in [1.82, 2.24) is 4.90 Å². The number of carbonyl (C=O) groups is 2. The molecular weight excluding hydrogens is 626 g/mol. The zero-order valence-corrected chi connectivity index (χ0v) is 32.8. The summed E-state index contributed by atoms with van der Waals surface area (Å²) in [4.78, 5) is 24.0. The number of fused-ring (bicyclic) bond motifs is 1. The Kier molecular flexibility index (Phi) is 16.1. The van der Waals surface area contributed by atoms with E-state index in [0.717, 1.165) is 24.7 Å². The van der Waals surface area contributed by atoms with Gasteiger partial charge in [-0.2, -0.15) is 0 Å². The van der Waals surface area contributed by atoms with Crippen molar-refractivity contribution < 1.29 is 46.8 Å².